The molecule has 0 N–H and O–H groups in total. The van der Waals surface area contributed by atoms with E-state index in [0.29, 0.717) is 23.7 Å². The summed E-state index contributed by atoms with van der Waals surface area (Å²) in [5.74, 6) is -1.14. The number of amides is 1. The summed E-state index contributed by atoms with van der Waals surface area (Å²) in [6, 6.07) is 8.44. The third-order valence-corrected chi connectivity index (χ3v) is 3.87. The Kier molecular flexibility index (Phi) is 6.57. The molecule has 2 unspecified atom stereocenters. The van der Waals surface area contributed by atoms with Crippen LogP contribution < -0.4 is 0 Å². The quantitative estimate of drug-likeness (QED) is 0.467. The monoisotopic (exact) mass is 362 g/mol. The maximum absolute atomic E-state index is 12.2. The first kappa shape index (κ1) is 19.0. The molecule has 1 aromatic rings. The molecule has 1 fully saturated rings. The summed E-state index contributed by atoms with van der Waals surface area (Å²) in [5, 5.41) is 9.69. The fourth-order valence-electron chi connectivity index (χ4n) is 2.54. The SMILES string of the molecule is CC1CN(C(=O)COC(=O)/C(C#N)=C/c2ccc(Cl)cc2)CC(C)O1. The largest absolute Gasteiger partial charge is 0.451 e. The molecule has 1 saturated heterocycles. The van der Waals surface area contributed by atoms with E-state index in [1.165, 1.54) is 6.08 Å². The van der Waals surface area contributed by atoms with E-state index in [1.807, 2.05) is 13.8 Å². The summed E-state index contributed by atoms with van der Waals surface area (Å²) in [7, 11) is 0. The second-order valence-electron chi connectivity index (χ2n) is 5.85. The molecule has 2 rings (SSSR count). The Morgan fingerprint density at radius 2 is 1.92 bits per heavy atom. The van der Waals surface area contributed by atoms with Gasteiger partial charge < -0.3 is 14.4 Å². The highest BCUT2D eigenvalue weighted by atomic mass is 35.5. The minimum atomic E-state index is -0.833. The van der Waals surface area contributed by atoms with Crippen LogP contribution in [0.4, 0.5) is 0 Å². The number of hydrogen-bond donors (Lipinski definition) is 0. The van der Waals surface area contributed by atoms with Gasteiger partial charge in [0.05, 0.1) is 12.2 Å². The topological polar surface area (TPSA) is 79.6 Å². The van der Waals surface area contributed by atoms with E-state index < -0.39 is 12.6 Å². The average Bonchev–Trinajstić information content (AvgIpc) is 2.58. The van der Waals surface area contributed by atoms with Gasteiger partial charge in [0.2, 0.25) is 0 Å². The van der Waals surface area contributed by atoms with Gasteiger partial charge in [-0.05, 0) is 37.6 Å². The van der Waals surface area contributed by atoms with Gasteiger partial charge in [0.1, 0.15) is 11.6 Å². The maximum Gasteiger partial charge on any atom is 0.349 e. The lowest BCUT2D eigenvalue weighted by atomic mass is 10.1. The summed E-state index contributed by atoms with van der Waals surface area (Å²) < 4.78 is 10.5. The highest BCUT2D eigenvalue weighted by Gasteiger charge is 2.26. The molecule has 1 heterocycles. The van der Waals surface area contributed by atoms with Gasteiger partial charge in [-0.3, -0.25) is 4.79 Å². The van der Waals surface area contributed by atoms with Crippen molar-refractivity contribution in [2.75, 3.05) is 19.7 Å². The van der Waals surface area contributed by atoms with Gasteiger partial charge in [-0.1, -0.05) is 23.7 Å². The number of ether oxygens (including phenoxy) is 2. The molecule has 0 bridgehead atoms. The summed E-state index contributed by atoms with van der Waals surface area (Å²) in [5.41, 5.74) is 0.457. The van der Waals surface area contributed by atoms with E-state index in [0.717, 1.165) is 0 Å². The number of benzene rings is 1. The van der Waals surface area contributed by atoms with E-state index in [2.05, 4.69) is 0 Å². The molecule has 1 aliphatic heterocycles. The van der Waals surface area contributed by atoms with Gasteiger partial charge >= 0.3 is 5.97 Å². The van der Waals surface area contributed by atoms with Crippen LogP contribution in [0.2, 0.25) is 5.02 Å². The second kappa shape index (κ2) is 8.65. The van der Waals surface area contributed by atoms with Crippen LogP contribution in [0.15, 0.2) is 29.8 Å². The number of esters is 1. The lowest BCUT2D eigenvalue weighted by molar-refractivity contribution is -0.154. The number of carbonyl (C=O) groups is 2. The van der Waals surface area contributed by atoms with Crippen molar-refractivity contribution in [3.05, 3.63) is 40.4 Å². The van der Waals surface area contributed by atoms with Crippen LogP contribution in [-0.4, -0.2) is 48.7 Å². The Hall–Kier alpha value is -2.36. The molecule has 132 valence electrons. The summed E-state index contributed by atoms with van der Waals surface area (Å²) in [6.45, 7) is 4.26. The molecule has 0 radical (unpaired) electrons. The smallest absolute Gasteiger partial charge is 0.349 e. The first-order chi connectivity index (χ1) is 11.9. The molecule has 0 saturated carbocycles. The third kappa shape index (κ3) is 5.59. The van der Waals surface area contributed by atoms with Crippen molar-refractivity contribution in [1.82, 2.24) is 4.90 Å². The lowest BCUT2D eigenvalue weighted by Gasteiger charge is -2.35. The van der Waals surface area contributed by atoms with Gasteiger partial charge in [0.15, 0.2) is 6.61 Å². The van der Waals surface area contributed by atoms with Crippen LogP contribution in [0.25, 0.3) is 6.08 Å². The molecule has 0 aliphatic carbocycles. The van der Waals surface area contributed by atoms with Crippen LogP contribution in [-0.2, 0) is 19.1 Å². The zero-order chi connectivity index (χ0) is 18.4. The normalized spacial score (nSPS) is 20.7. The number of halogens is 1. The molecule has 6 nitrogen and oxygen atoms in total. The van der Waals surface area contributed by atoms with Gasteiger partial charge in [-0.15, -0.1) is 0 Å². The minimum Gasteiger partial charge on any atom is -0.451 e. The fourth-order valence-corrected chi connectivity index (χ4v) is 2.67. The molecule has 25 heavy (non-hydrogen) atoms. The Labute approximate surface area is 151 Å². The zero-order valence-corrected chi connectivity index (χ0v) is 14.8. The highest BCUT2D eigenvalue weighted by Crippen LogP contribution is 2.14. The van der Waals surface area contributed by atoms with E-state index in [-0.39, 0.29) is 23.7 Å². The van der Waals surface area contributed by atoms with E-state index >= 15 is 0 Å². The molecule has 1 amide bonds. The number of rotatable bonds is 4. The molecule has 0 spiro atoms. The molecule has 1 aliphatic rings. The van der Waals surface area contributed by atoms with Gasteiger partial charge in [-0.25, -0.2) is 4.79 Å². The number of morpholine rings is 1. The van der Waals surface area contributed by atoms with Crippen molar-refractivity contribution in [2.24, 2.45) is 0 Å². The summed E-state index contributed by atoms with van der Waals surface area (Å²) in [4.78, 5) is 25.8. The van der Waals surface area contributed by atoms with Gasteiger partial charge in [-0.2, -0.15) is 5.26 Å². The van der Waals surface area contributed by atoms with Gasteiger partial charge in [0.25, 0.3) is 5.91 Å². The Balaban J connectivity index is 1.94. The molecular formula is C18H19ClN2O4. The van der Waals surface area contributed by atoms with Crippen LogP contribution in [0.3, 0.4) is 0 Å². The van der Waals surface area contributed by atoms with Crippen LogP contribution >= 0.6 is 11.6 Å². The Morgan fingerprint density at radius 1 is 1.32 bits per heavy atom. The molecule has 1 aromatic carbocycles. The fraction of sp³-hybridized carbons (Fsp3) is 0.389. The van der Waals surface area contributed by atoms with E-state index in [1.54, 1.807) is 35.2 Å². The molecular weight excluding hydrogens is 344 g/mol. The summed E-state index contributed by atoms with van der Waals surface area (Å²) in [6.07, 6.45) is 1.26. The van der Waals surface area contributed by atoms with Gasteiger partial charge in [0, 0.05) is 18.1 Å². The number of nitrogens with zero attached hydrogens (tertiary/aromatic N) is 2. The van der Waals surface area contributed by atoms with Crippen molar-refractivity contribution in [3.8, 4) is 6.07 Å². The number of carbonyl (C=O) groups excluding carboxylic acids is 2. The number of hydrogen-bond acceptors (Lipinski definition) is 5. The van der Waals surface area contributed by atoms with E-state index in [4.69, 9.17) is 26.3 Å². The average molecular weight is 363 g/mol. The van der Waals surface area contributed by atoms with E-state index in [9.17, 15) is 9.59 Å². The van der Waals surface area contributed by atoms with Crippen molar-refractivity contribution in [3.63, 3.8) is 0 Å². The van der Waals surface area contributed by atoms with Crippen LogP contribution in [0.5, 0.6) is 0 Å². The predicted octanol–water partition coefficient (Wildman–Crippen LogP) is 2.43. The first-order valence-electron chi connectivity index (χ1n) is 7.86. The predicted molar refractivity (Wildman–Crippen MR) is 92.6 cm³/mol. The van der Waals surface area contributed by atoms with Crippen LogP contribution in [0.1, 0.15) is 19.4 Å². The van der Waals surface area contributed by atoms with Crippen molar-refractivity contribution >= 4 is 29.6 Å². The highest BCUT2D eigenvalue weighted by molar-refractivity contribution is 6.30. The standard InChI is InChI=1S/C18H19ClN2O4/c1-12-9-21(10-13(2)25-12)17(22)11-24-18(23)15(8-20)7-14-3-5-16(19)6-4-14/h3-7,12-13H,9-11H2,1-2H3/b15-7+. The molecule has 7 heteroatoms. The first-order valence-corrected chi connectivity index (χ1v) is 8.24. The molecule has 2 atom stereocenters. The summed E-state index contributed by atoms with van der Waals surface area (Å²) >= 11 is 5.80. The molecule has 0 aromatic heterocycles. The van der Waals surface area contributed by atoms with Crippen LogP contribution in [0, 0.1) is 11.3 Å². The second-order valence-corrected chi connectivity index (χ2v) is 6.29. The van der Waals surface area contributed by atoms with Crippen molar-refractivity contribution < 1.29 is 19.1 Å². The lowest BCUT2D eigenvalue weighted by Crippen LogP contribution is -2.49. The Morgan fingerprint density at radius 3 is 2.48 bits per heavy atom. The van der Waals surface area contributed by atoms with Crippen molar-refractivity contribution in [2.45, 2.75) is 26.1 Å². The number of nitriles is 1. The Bertz CT molecular complexity index is 699. The minimum absolute atomic E-state index is 0.0668. The zero-order valence-electron chi connectivity index (χ0n) is 14.1. The van der Waals surface area contributed by atoms with Crippen molar-refractivity contribution in [1.29, 1.82) is 5.26 Å². The maximum atomic E-state index is 12.2. The third-order valence-electron chi connectivity index (χ3n) is 3.62.